The monoisotopic (exact) mass is 347 g/mol. The van der Waals surface area contributed by atoms with E-state index in [4.69, 9.17) is 0 Å². The molecule has 3 aromatic heterocycles. The van der Waals surface area contributed by atoms with E-state index in [1.165, 1.54) is 4.88 Å². The number of rotatable bonds is 4. The molecule has 0 aliphatic carbocycles. The van der Waals surface area contributed by atoms with Gasteiger partial charge in [0.2, 0.25) is 5.95 Å². The van der Waals surface area contributed by atoms with Crippen LogP contribution in [0.1, 0.15) is 10.4 Å². The third-order valence-corrected chi connectivity index (χ3v) is 4.50. The normalized spacial score (nSPS) is 10.6. The number of hydrogen-bond acceptors (Lipinski definition) is 5. The Labute approximate surface area is 147 Å². The predicted octanol–water partition coefficient (Wildman–Crippen LogP) is 3.64. The highest BCUT2D eigenvalue weighted by Gasteiger charge is 2.08. The molecule has 3 heterocycles. The van der Waals surface area contributed by atoms with Crippen LogP contribution in [0.2, 0.25) is 0 Å². The molecule has 1 aromatic carbocycles. The van der Waals surface area contributed by atoms with E-state index >= 15 is 0 Å². The molecule has 4 aromatic rings. The Morgan fingerprint density at radius 3 is 2.52 bits per heavy atom. The minimum Gasteiger partial charge on any atom is -0.319 e. The molecule has 25 heavy (non-hydrogen) atoms. The SMILES string of the molecule is O=C(Nc1cnc(-n2ccnc2)nc1)c1ccc(-c2cccs2)cc1. The number of nitrogens with zero attached hydrogens (tertiary/aromatic N) is 4. The van der Waals surface area contributed by atoms with Crippen molar-refractivity contribution in [3.63, 3.8) is 0 Å². The van der Waals surface area contributed by atoms with Gasteiger partial charge < -0.3 is 5.32 Å². The van der Waals surface area contributed by atoms with Crippen LogP contribution in [0.5, 0.6) is 0 Å². The molecule has 122 valence electrons. The summed E-state index contributed by atoms with van der Waals surface area (Å²) in [6, 6.07) is 11.6. The van der Waals surface area contributed by atoms with Crippen molar-refractivity contribution in [2.24, 2.45) is 0 Å². The molecular weight excluding hydrogens is 334 g/mol. The molecule has 0 spiro atoms. The van der Waals surface area contributed by atoms with Crippen molar-refractivity contribution in [2.75, 3.05) is 5.32 Å². The van der Waals surface area contributed by atoms with Crippen LogP contribution in [0.4, 0.5) is 5.69 Å². The Morgan fingerprint density at radius 2 is 1.88 bits per heavy atom. The van der Waals surface area contributed by atoms with E-state index in [-0.39, 0.29) is 5.91 Å². The number of amides is 1. The van der Waals surface area contributed by atoms with Crippen molar-refractivity contribution in [2.45, 2.75) is 0 Å². The van der Waals surface area contributed by atoms with Crippen LogP contribution < -0.4 is 5.32 Å². The Bertz CT molecular complexity index is 962. The Balaban J connectivity index is 1.46. The van der Waals surface area contributed by atoms with Crippen LogP contribution in [-0.2, 0) is 0 Å². The number of nitrogens with one attached hydrogen (secondary N) is 1. The van der Waals surface area contributed by atoms with Crippen LogP contribution in [0.15, 0.2) is 72.9 Å². The van der Waals surface area contributed by atoms with E-state index in [0.29, 0.717) is 17.2 Å². The van der Waals surface area contributed by atoms with Gasteiger partial charge in [-0.3, -0.25) is 9.36 Å². The van der Waals surface area contributed by atoms with Crippen molar-refractivity contribution < 1.29 is 4.79 Å². The maximum absolute atomic E-state index is 12.3. The lowest BCUT2D eigenvalue weighted by molar-refractivity contribution is 0.102. The summed E-state index contributed by atoms with van der Waals surface area (Å²) in [5.74, 6) is 0.299. The first-order chi connectivity index (χ1) is 12.3. The van der Waals surface area contributed by atoms with Crippen molar-refractivity contribution in [3.05, 3.63) is 78.5 Å². The van der Waals surface area contributed by atoms with Gasteiger partial charge in [-0.1, -0.05) is 18.2 Å². The van der Waals surface area contributed by atoms with E-state index in [1.54, 1.807) is 47.0 Å². The average molecular weight is 347 g/mol. The second-order valence-electron chi connectivity index (χ2n) is 5.25. The molecule has 0 radical (unpaired) electrons. The fraction of sp³-hybridized carbons (Fsp3) is 0. The number of thiophene rings is 1. The van der Waals surface area contributed by atoms with Gasteiger partial charge in [0, 0.05) is 22.8 Å². The van der Waals surface area contributed by atoms with Crippen molar-refractivity contribution in [3.8, 4) is 16.4 Å². The van der Waals surface area contributed by atoms with Gasteiger partial charge in [-0.05, 0) is 29.1 Å². The standard InChI is InChI=1S/C18H13N5OS/c24-17(14-5-3-13(4-6-14)16-2-1-9-25-16)22-15-10-20-18(21-11-15)23-8-7-19-12-23/h1-12H,(H,22,24). The van der Waals surface area contributed by atoms with Gasteiger partial charge in [-0.25, -0.2) is 15.0 Å². The van der Waals surface area contributed by atoms with Gasteiger partial charge in [0.1, 0.15) is 6.33 Å². The zero-order chi connectivity index (χ0) is 17.1. The Hall–Kier alpha value is -3.32. The maximum atomic E-state index is 12.3. The number of carbonyl (C=O) groups excluding carboxylic acids is 1. The number of imidazole rings is 1. The third-order valence-electron chi connectivity index (χ3n) is 3.58. The van der Waals surface area contributed by atoms with Crippen LogP contribution in [0.25, 0.3) is 16.4 Å². The fourth-order valence-electron chi connectivity index (χ4n) is 2.33. The molecule has 0 unspecified atom stereocenters. The first-order valence-electron chi connectivity index (χ1n) is 7.55. The zero-order valence-electron chi connectivity index (χ0n) is 13.0. The second kappa shape index (κ2) is 6.66. The molecule has 0 aliphatic heterocycles. The van der Waals surface area contributed by atoms with Crippen molar-refractivity contribution >= 4 is 22.9 Å². The van der Waals surface area contributed by atoms with E-state index in [1.807, 2.05) is 35.7 Å². The van der Waals surface area contributed by atoms with Gasteiger partial charge in [-0.15, -0.1) is 11.3 Å². The number of benzene rings is 1. The first kappa shape index (κ1) is 15.2. The number of aromatic nitrogens is 4. The third kappa shape index (κ3) is 3.31. The zero-order valence-corrected chi connectivity index (χ0v) is 13.9. The van der Waals surface area contributed by atoms with Gasteiger partial charge in [0.25, 0.3) is 5.91 Å². The van der Waals surface area contributed by atoms with Crippen LogP contribution in [0.3, 0.4) is 0 Å². The predicted molar refractivity (Wildman–Crippen MR) is 96.9 cm³/mol. The van der Waals surface area contributed by atoms with Crippen LogP contribution in [-0.4, -0.2) is 25.4 Å². The highest BCUT2D eigenvalue weighted by atomic mass is 32.1. The summed E-state index contributed by atoms with van der Waals surface area (Å²) >= 11 is 1.67. The van der Waals surface area contributed by atoms with Crippen molar-refractivity contribution in [1.29, 1.82) is 0 Å². The molecule has 1 amide bonds. The fourth-order valence-corrected chi connectivity index (χ4v) is 3.06. The van der Waals surface area contributed by atoms with E-state index in [2.05, 4.69) is 26.3 Å². The minimum absolute atomic E-state index is 0.197. The summed E-state index contributed by atoms with van der Waals surface area (Å²) in [4.78, 5) is 25.9. The molecule has 0 saturated heterocycles. The van der Waals surface area contributed by atoms with E-state index in [9.17, 15) is 4.79 Å². The Morgan fingerprint density at radius 1 is 1.08 bits per heavy atom. The minimum atomic E-state index is -0.197. The molecule has 1 N–H and O–H groups in total. The number of anilines is 1. The molecule has 0 fully saturated rings. The lowest BCUT2D eigenvalue weighted by Crippen LogP contribution is -2.12. The quantitative estimate of drug-likeness (QED) is 0.612. The van der Waals surface area contributed by atoms with Gasteiger partial charge in [0.15, 0.2) is 0 Å². The first-order valence-corrected chi connectivity index (χ1v) is 8.43. The summed E-state index contributed by atoms with van der Waals surface area (Å²) in [7, 11) is 0. The molecular formula is C18H13N5OS. The molecule has 0 atom stereocenters. The second-order valence-corrected chi connectivity index (χ2v) is 6.20. The van der Waals surface area contributed by atoms with Gasteiger partial charge in [-0.2, -0.15) is 0 Å². The molecule has 7 heteroatoms. The maximum Gasteiger partial charge on any atom is 0.255 e. The Kier molecular flexibility index (Phi) is 4.05. The smallest absolute Gasteiger partial charge is 0.255 e. The topological polar surface area (TPSA) is 72.7 Å². The van der Waals surface area contributed by atoms with E-state index in [0.717, 1.165) is 5.56 Å². The largest absolute Gasteiger partial charge is 0.319 e. The summed E-state index contributed by atoms with van der Waals surface area (Å²) in [5.41, 5.74) is 2.22. The number of carbonyl (C=O) groups is 1. The molecule has 6 nitrogen and oxygen atoms in total. The van der Waals surface area contributed by atoms with Crippen LogP contribution >= 0.6 is 11.3 Å². The van der Waals surface area contributed by atoms with Gasteiger partial charge in [0.05, 0.1) is 18.1 Å². The summed E-state index contributed by atoms with van der Waals surface area (Å²) in [5, 5.41) is 4.83. The lowest BCUT2D eigenvalue weighted by atomic mass is 10.1. The average Bonchev–Trinajstić information content (AvgIpc) is 3.36. The molecule has 0 saturated carbocycles. The summed E-state index contributed by atoms with van der Waals surface area (Å²) < 4.78 is 1.69. The molecule has 0 bridgehead atoms. The van der Waals surface area contributed by atoms with E-state index < -0.39 is 0 Å². The van der Waals surface area contributed by atoms with Crippen LogP contribution in [0, 0.1) is 0 Å². The summed E-state index contributed by atoms with van der Waals surface area (Å²) in [6.45, 7) is 0. The lowest BCUT2D eigenvalue weighted by Gasteiger charge is -2.06. The highest BCUT2D eigenvalue weighted by molar-refractivity contribution is 7.13. The molecule has 0 aliphatic rings. The summed E-state index contributed by atoms with van der Waals surface area (Å²) in [6.07, 6.45) is 8.16. The van der Waals surface area contributed by atoms with Crippen molar-refractivity contribution in [1.82, 2.24) is 19.5 Å². The highest BCUT2D eigenvalue weighted by Crippen LogP contribution is 2.24. The van der Waals surface area contributed by atoms with Gasteiger partial charge >= 0.3 is 0 Å². The molecule has 4 rings (SSSR count). The number of hydrogen-bond donors (Lipinski definition) is 1.